The van der Waals surface area contributed by atoms with Crippen LogP contribution in [0.1, 0.15) is 40.5 Å². The first-order chi connectivity index (χ1) is 8.43. The van der Waals surface area contributed by atoms with E-state index in [1.54, 1.807) is 0 Å². The lowest BCUT2D eigenvalue weighted by Gasteiger charge is -2.28. The first-order valence-corrected chi connectivity index (χ1v) is 6.69. The number of rotatable bonds is 8. The maximum absolute atomic E-state index is 12.0. The Bertz CT molecular complexity index is 265. The summed E-state index contributed by atoms with van der Waals surface area (Å²) in [7, 11) is 0. The van der Waals surface area contributed by atoms with Gasteiger partial charge in [0.1, 0.15) is 0 Å². The van der Waals surface area contributed by atoms with Crippen LogP contribution in [0.25, 0.3) is 0 Å². The first kappa shape index (κ1) is 16.9. The molecule has 0 spiro atoms. The Morgan fingerprint density at radius 3 is 2.00 bits per heavy atom. The minimum Gasteiger partial charge on any atom is -0.354 e. The fourth-order valence-corrected chi connectivity index (χ4v) is 1.71. The van der Waals surface area contributed by atoms with Gasteiger partial charge in [-0.1, -0.05) is 27.7 Å². The van der Waals surface area contributed by atoms with Gasteiger partial charge in [-0.3, -0.25) is 9.59 Å². The second-order valence-electron chi connectivity index (χ2n) is 4.89. The predicted octanol–water partition coefficient (Wildman–Crippen LogP) is 0.640. The van der Waals surface area contributed by atoms with Crippen molar-refractivity contribution >= 4 is 11.8 Å². The van der Waals surface area contributed by atoms with E-state index in [1.807, 2.05) is 27.7 Å². The molecule has 2 amide bonds. The molecule has 0 aromatic carbocycles. The molecule has 0 radical (unpaired) electrons. The number of hydrogen-bond donors (Lipinski definition) is 3. The smallest absolute Gasteiger partial charge is 0.227 e. The van der Waals surface area contributed by atoms with Crippen molar-refractivity contribution in [2.75, 3.05) is 19.6 Å². The van der Waals surface area contributed by atoms with Crippen LogP contribution >= 0.6 is 0 Å². The van der Waals surface area contributed by atoms with Crippen LogP contribution in [0.4, 0.5) is 0 Å². The number of amides is 2. The van der Waals surface area contributed by atoms with Gasteiger partial charge in [0.05, 0.1) is 5.41 Å². The molecule has 5 heteroatoms. The highest BCUT2D eigenvalue weighted by atomic mass is 16.2. The van der Waals surface area contributed by atoms with Gasteiger partial charge in [0, 0.05) is 25.6 Å². The average molecular weight is 257 g/mol. The molecule has 0 saturated carbocycles. The summed E-state index contributed by atoms with van der Waals surface area (Å²) in [4.78, 5) is 23.3. The van der Waals surface area contributed by atoms with E-state index < -0.39 is 5.41 Å². The van der Waals surface area contributed by atoms with E-state index in [4.69, 9.17) is 5.73 Å². The van der Waals surface area contributed by atoms with Crippen LogP contribution in [0, 0.1) is 11.3 Å². The van der Waals surface area contributed by atoms with Crippen molar-refractivity contribution in [2.45, 2.75) is 40.5 Å². The summed E-state index contributed by atoms with van der Waals surface area (Å²) in [5, 5.41) is 5.60. The standard InChI is InChI=1S/C13H27N3O2/c1-5-13(6-2,9-14)12(18)16-8-7-15-11(17)10(3)4/h10H,5-9,14H2,1-4H3,(H,15,17)(H,16,18). The highest BCUT2D eigenvalue weighted by Crippen LogP contribution is 2.24. The largest absolute Gasteiger partial charge is 0.354 e. The van der Waals surface area contributed by atoms with Crippen molar-refractivity contribution in [3.63, 3.8) is 0 Å². The summed E-state index contributed by atoms with van der Waals surface area (Å²) < 4.78 is 0. The van der Waals surface area contributed by atoms with Gasteiger partial charge in [-0.05, 0) is 12.8 Å². The summed E-state index contributed by atoms with van der Waals surface area (Å²) >= 11 is 0. The quantitative estimate of drug-likeness (QED) is 0.558. The van der Waals surface area contributed by atoms with Crippen LogP contribution in [0.5, 0.6) is 0 Å². The highest BCUT2D eigenvalue weighted by molar-refractivity contribution is 5.83. The molecular weight excluding hydrogens is 230 g/mol. The summed E-state index contributed by atoms with van der Waals surface area (Å²) in [6.07, 6.45) is 1.45. The molecule has 0 rings (SSSR count). The number of carbonyl (C=O) groups is 2. The Morgan fingerprint density at radius 2 is 1.61 bits per heavy atom. The normalized spacial score (nSPS) is 11.4. The average Bonchev–Trinajstić information content (AvgIpc) is 2.37. The number of nitrogens with one attached hydrogen (secondary N) is 2. The number of carbonyl (C=O) groups excluding carboxylic acids is 2. The number of nitrogens with two attached hydrogens (primary N) is 1. The van der Waals surface area contributed by atoms with Crippen molar-refractivity contribution in [2.24, 2.45) is 17.1 Å². The molecule has 0 unspecified atom stereocenters. The topological polar surface area (TPSA) is 84.2 Å². The summed E-state index contributed by atoms with van der Waals surface area (Å²) in [6, 6.07) is 0. The Labute approximate surface area is 110 Å². The maximum Gasteiger partial charge on any atom is 0.227 e. The zero-order chi connectivity index (χ0) is 14.2. The van der Waals surface area contributed by atoms with Crippen LogP contribution in [-0.2, 0) is 9.59 Å². The molecule has 0 aliphatic heterocycles. The molecule has 0 aromatic heterocycles. The molecule has 0 atom stereocenters. The Hall–Kier alpha value is -1.10. The summed E-state index contributed by atoms with van der Waals surface area (Å²) in [5.74, 6) is -0.0516. The molecule has 0 saturated heterocycles. The van der Waals surface area contributed by atoms with E-state index in [0.29, 0.717) is 19.6 Å². The Morgan fingerprint density at radius 1 is 1.11 bits per heavy atom. The van der Waals surface area contributed by atoms with E-state index in [0.717, 1.165) is 12.8 Å². The van der Waals surface area contributed by atoms with E-state index in [1.165, 1.54) is 0 Å². The third-order valence-electron chi connectivity index (χ3n) is 3.46. The highest BCUT2D eigenvalue weighted by Gasteiger charge is 2.32. The molecule has 0 fully saturated rings. The second kappa shape index (κ2) is 8.08. The predicted molar refractivity (Wildman–Crippen MR) is 72.9 cm³/mol. The van der Waals surface area contributed by atoms with Crippen molar-refractivity contribution in [3.8, 4) is 0 Å². The molecule has 0 heterocycles. The second-order valence-corrected chi connectivity index (χ2v) is 4.89. The van der Waals surface area contributed by atoms with Gasteiger partial charge in [-0.25, -0.2) is 0 Å². The zero-order valence-electron chi connectivity index (χ0n) is 12.0. The third-order valence-corrected chi connectivity index (χ3v) is 3.46. The van der Waals surface area contributed by atoms with Gasteiger partial charge in [-0.2, -0.15) is 0 Å². The lowest BCUT2D eigenvalue weighted by atomic mass is 9.81. The van der Waals surface area contributed by atoms with Gasteiger partial charge in [0.15, 0.2) is 0 Å². The van der Waals surface area contributed by atoms with E-state index in [9.17, 15) is 9.59 Å². The molecule has 106 valence electrons. The fourth-order valence-electron chi connectivity index (χ4n) is 1.71. The summed E-state index contributed by atoms with van der Waals surface area (Å²) in [6.45, 7) is 8.86. The monoisotopic (exact) mass is 257 g/mol. The van der Waals surface area contributed by atoms with Crippen LogP contribution < -0.4 is 16.4 Å². The zero-order valence-corrected chi connectivity index (χ0v) is 12.0. The lowest BCUT2D eigenvalue weighted by molar-refractivity contribution is -0.131. The van der Waals surface area contributed by atoms with Crippen LogP contribution in [0.2, 0.25) is 0 Å². The summed E-state index contributed by atoms with van der Waals surface area (Å²) in [5.41, 5.74) is 5.22. The number of hydrogen-bond acceptors (Lipinski definition) is 3. The molecule has 0 bridgehead atoms. The van der Waals surface area contributed by atoms with Crippen molar-refractivity contribution in [1.82, 2.24) is 10.6 Å². The molecular formula is C13H27N3O2. The van der Waals surface area contributed by atoms with Gasteiger partial charge in [0.25, 0.3) is 0 Å². The van der Waals surface area contributed by atoms with Gasteiger partial charge in [0.2, 0.25) is 11.8 Å². The maximum atomic E-state index is 12.0. The van der Waals surface area contributed by atoms with Gasteiger partial charge < -0.3 is 16.4 Å². The fraction of sp³-hybridized carbons (Fsp3) is 0.846. The SMILES string of the molecule is CCC(CC)(CN)C(=O)NCCNC(=O)C(C)C. The van der Waals surface area contributed by atoms with E-state index >= 15 is 0 Å². The minimum atomic E-state index is -0.470. The molecule has 4 N–H and O–H groups in total. The van der Waals surface area contributed by atoms with Crippen molar-refractivity contribution in [3.05, 3.63) is 0 Å². The van der Waals surface area contributed by atoms with Crippen LogP contribution in [0.15, 0.2) is 0 Å². The Balaban J connectivity index is 4.07. The lowest BCUT2D eigenvalue weighted by Crippen LogP contribution is -2.47. The molecule has 18 heavy (non-hydrogen) atoms. The molecule has 0 aliphatic carbocycles. The molecule has 0 aliphatic rings. The molecule has 5 nitrogen and oxygen atoms in total. The van der Waals surface area contributed by atoms with E-state index in [2.05, 4.69) is 10.6 Å². The van der Waals surface area contributed by atoms with Crippen molar-refractivity contribution < 1.29 is 9.59 Å². The first-order valence-electron chi connectivity index (χ1n) is 6.69. The minimum absolute atomic E-state index is 0.000296. The van der Waals surface area contributed by atoms with Crippen LogP contribution in [-0.4, -0.2) is 31.4 Å². The van der Waals surface area contributed by atoms with Gasteiger partial charge in [-0.15, -0.1) is 0 Å². The van der Waals surface area contributed by atoms with Crippen LogP contribution in [0.3, 0.4) is 0 Å². The molecule has 0 aromatic rings. The van der Waals surface area contributed by atoms with Crippen molar-refractivity contribution in [1.29, 1.82) is 0 Å². The third kappa shape index (κ3) is 4.64. The van der Waals surface area contributed by atoms with E-state index in [-0.39, 0.29) is 17.7 Å². The Kier molecular flexibility index (Phi) is 7.59. The van der Waals surface area contributed by atoms with Gasteiger partial charge >= 0.3 is 0 Å².